The van der Waals surface area contributed by atoms with Crippen molar-refractivity contribution >= 4 is 0 Å². The van der Waals surface area contributed by atoms with Crippen molar-refractivity contribution in [1.82, 2.24) is 0 Å². The maximum absolute atomic E-state index is 5.73. The van der Waals surface area contributed by atoms with Crippen molar-refractivity contribution in [1.29, 1.82) is 0 Å². The zero-order valence-corrected chi connectivity index (χ0v) is 21.6. The van der Waals surface area contributed by atoms with Crippen LogP contribution >= 0.6 is 0 Å². The molecule has 0 saturated carbocycles. The van der Waals surface area contributed by atoms with E-state index in [9.17, 15) is 0 Å². The van der Waals surface area contributed by atoms with Gasteiger partial charge >= 0.3 is 5.97 Å². The van der Waals surface area contributed by atoms with Crippen LogP contribution < -0.4 is 0 Å². The van der Waals surface area contributed by atoms with E-state index in [4.69, 9.17) is 34.1 Å². The molecule has 0 aliphatic carbocycles. The predicted octanol–water partition coefficient (Wildman–Crippen LogP) is 7.41. The molecule has 32 heavy (non-hydrogen) atoms. The molecule has 0 aromatic rings. The second kappa shape index (κ2) is 22.1. The molecule has 1 atom stereocenters. The van der Waals surface area contributed by atoms with Gasteiger partial charge in [-0.3, -0.25) is 0 Å². The molecule has 0 bridgehead atoms. The Kier molecular flexibility index (Phi) is 21.6. The number of allylic oxidation sites excluding steroid dienone is 1. The van der Waals surface area contributed by atoms with Gasteiger partial charge in [0.05, 0.1) is 38.6 Å². The van der Waals surface area contributed by atoms with Gasteiger partial charge in [-0.15, -0.1) is 0 Å². The number of unbranched alkanes of at least 4 members (excludes halogenated alkanes) is 5. The molecule has 0 radical (unpaired) electrons. The van der Waals surface area contributed by atoms with Crippen LogP contribution in [0.25, 0.3) is 0 Å². The minimum absolute atomic E-state index is 0.204. The lowest BCUT2D eigenvalue weighted by Crippen LogP contribution is -2.47. The molecule has 0 rings (SSSR count). The highest BCUT2D eigenvalue weighted by Gasteiger charge is 2.47. The fourth-order valence-electron chi connectivity index (χ4n) is 2.97. The molecule has 0 aromatic carbocycles. The first-order valence-electron chi connectivity index (χ1n) is 12.7. The molecule has 0 aliphatic heterocycles. The topological polar surface area (TPSA) is 64.6 Å². The molecule has 0 amide bonds. The third-order valence-electron chi connectivity index (χ3n) is 4.70. The summed E-state index contributed by atoms with van der Waals surface area (Å²) >= 11 is 0. The standard InChI is InChI=1S/C25H50O7/c1-7-11-12-13-14-15-16-24(17-21-26-22-23(5)6)25(30-27-18-8-2,31-28-19-9-3)32-29-20-10-4/h22,24H,7-21H2,1-6H3. The maximum Gasteiger partial charge on any atom is 0.368 e. The zero-order valence-electron chi connectivity index (χ0n) is 21.6. The number of ether oxygens (including phenoxy) is 1. The molecular weight excluding hydrogens is 412 g/mol. The third kappa shape index (κ3) is 16.0. The van der Waals surface area contributed by atoms with E-state index < -0.39 is 5.97 Å². The molecule has 0 aromatic heterocycles. The molecule has 0 spiro atoms. The highest BCUT2D eigenvalue weighted by Crippen LogP contribution is 2.34. The maximum atomic E-state index is 5.73. The summed E-state index contributed by atoms with van der Waals surface area (Å²) in [6.45, 7) is 14.0. The van der Waals surface area contributed by atoms with Crippen molar-refractivity contribution in [2.45, 2.75) is 118 Å². The molecule has 0 aliphatic rings. The predicted molar refractivity (Wildman–Crippen MR) is 126 cm³/mol. The molecule has 0 heterocycles. The van der Waals surface area contributed by atoms with Gasteiger partial charge in [0, 0.05) is 0 Å². The number of hydrogen-bond acceptors (Lipinski definition) is 7. The molecule has 0 N–H and O–H groups in total. The van der Waals surface area contributed by atoms with Crippen LogP contribution in [-0.4, -0.2) is 32.4 Å². The summed E-state index contributed by atoms with van der Waals surface area (Å²) in [7, 11) is 0. The lowest BCUT2D eigenvalue weighted by molar-refractivity contribution is -0.644. The minimum Gasteiger partial charge on any atom is -0.501 e. The lowest BCUT2D eigenvalue weighted by atomic mass is 9.95. The normalized spacial score (nSPS) is 12.7. The summed E-state index contributed by atoms with van der Waals surface area (Å²) in [5.41, 5.74) is 1.11. The highest BCUT2D eigenvalue weighted by molar-refractivity contribution is 4.86. The van der Waals surface area contributed by atoms with Crippen molar-refractivity contribution in [2.24, 2.45) is 5.92 Å². The van der Waals surface area contributed by atoms with E-state index in [2.05, 4.69) is 6.92 Å². The van der Waals surface area contributed by atoms with E-state index in [1.165, 1.54) is 25.7 Å². The summed E-state index contributed by atoms with van der Waals surface area (Å²) in [6.07, 6.45) is 12.8. The van der Waals surface area contributed by atoms with E-state index in [-0.39, 0.29) is 5.92 Å². The Hall–Kier alpha value is -0.700. The van der Waals surface area contributed by atoms with Gasteiger partial charge in [-0.1, -0.05) is 66.2 Å². The summed E-state index contributed by atoms with van der Waals surface area (Å²) in [4.78, 5) is 33.5. The van der Waals surface area contributed by atoms with Gasteiger partial charge in [-0.2, -0.15) is 14.7 Å². The van der Waals surface area contributed by atoms with Gasteiger partial charge in [0.1, 0.15) is 0 Å². The quantitative estimate of drug-likeness (QED) is 0.0486. The molecule has 0 fully saturated rings. The van der Waals surface area contributed by atoms with E-state index in [0.29, 0.717) is 32.8 Å². The zero-order chi connectivity index (χ0) is 23.9. The fourth-order valence-corrected chi connectivity index (χ4v) is 2.97. The van der Waals surface area contributed by atoms with Gasteiger partial charge in [-0.25, -0.2) is 14.7 Å². The fraction of sp³-hybridized carbons (Fsp3) is 0.920. The van der Waals surface area contributed by atoms with E-state index in [1.807, 2.05) is 34.6 Å². The van der Waals surface area contributed by atoms with E-state index >= 15 is 0 Å². The number of rotatable bonds is 24. The van der Waals surface area contributed by atoms with Crippen LogP contribution in [0.3, 0.4) is 0 Å². The Bertz CT molecular complexity index is 398. The van der Waals surface area contributed by atoms with Crippen LogP contribution in [0, 0.1) is 5.92 Å². The average molecular weight is 463 g/mol. The average Bonchev–Trinajstić information content (AvgIpc) is 2.77. The minimum atomic E-state index is -1.61. The van der Waals surface area contributed by atoms with Gasteiger partial charge in [-0.05, 0) is 51.5 Å². The van der Waals surface area contributed by atoms with Crippen LogP contribution in [0.4, 0.5) is 0 Å². The second-order valence-corrected chi connectivity index (χ2v) is 8.43. The van der Waals surface area contributed by atoms with Crippen molar-refractivity contribution in [2.75, 3.05) is 26.4 Å². The smallest absolute Gasteiger partial charge is 0.368 e. The van der Waals surface area contributed by atoms with Crippen molar-refractivity contribution in [3.8, 4) is 0 Å². The van der Waals surface area contributed by atoms with Gasteiger partial charge < -0.3 is 4.74 Å². The molecule has 7 heteroatoms. The summed E-state index contributed by atoms with van der Waals surface area (Å²) in [6, 6.07) is 0. The lowest BCUT2D eigenvalue weighted by Gasteiger charge is -2.35. The van der Waals surface area contributed by atoms with Gasteiger partial charge in [0.2, 0.25) is 0 Å². The van der Waals surface area contributed by atoms with E-state index in [1.54, 1.807) is 6.26 Å². The SMILES string of the molecule is CCCCCCCCC(CCOC=C(C)C)C(OOCCC)(OOCCC)OOCCC. The van der Waals surface area contributed by atoms with Gasteiger partial charge in [0.15, 0.2) is 0 Å². The molecular formula is C25H50O7. The molecule has 192 valence electrons. The first-order valence-corrected chi connectivity index (χ1v) is 12.7. The Morgan fingerprint density at radius 3 is 1.59 bits per heavy atom. The summed E-state index contributed by atoms with van der Waals surface area (Å²) < 4.78 is 5.71. The molecule has 7 nitrogen and oxygen atoms in total. The molecule has 0 saturated heterocycles. The monoisotopic (exact) mass is 462 g/mol. The van der Waals surface area contributed by atoms with E-state index in [0.717, 1.165) is 44.1 Å². The first-order chi connectivity index (χ1) is 15.6. The Balaban J connectivity index is 5.40. The van der Waals surface area contributed by atoms with Crippen LogP contribution in [0.5, 0.6) is 0 Å². The molecule has 1 unspecified atom stereocenters. The second-order valence-electron chi connectivity index (χ2n) is 8.43. The highest BCUT2D eigenvalue weighted by atomic mass is 17.4. The Morgan fingerprint density at radius 1 is 0.625 bits per heavy atom. The Morgan fingerprint density at radius 2 is 1.12 bits per heavy atom. The largest absolute Gasteiger partial charge is 0.501 e. The number of hydrogen-bond donors (Lipinski definition) is 0. The van der Waals surface area contributed by atoms with Crippen LogP contribution in [-0.2, 0) is 34.1 Å². The third-order valence-corrected chi connectivity index (χ3v) is 4.70. The van der Waals surface area contributed by atoms with Gasteiger partial charge in [0.25, 0.3) is 0 Å². The van der Waals surface area contributed by atoms with Crippen LogP contribution in [0.15, 0.2) is 11.8 Å². The van der Waals surface area contributed by atoms with Crippen LogP contribution in [0.2, 0.25) is 0 Å². The van der Waals surface area contributed by atoms with Crippen molar-refractivity contribution in [3.63, 3.8) is 0 Å². The Labute approximate surface area is 196 Å². The summed E-state index contributed by atoms with van der Waals surface area (Å²) in [5, 5.41) is 0. The van der Waals surface area contributed by atoms with Crippen molar-refractivity contribution < 1.29 is 34.1 Å². The van der Waals surface area contributed by atoms with Crippen molar-refractivity contribution in [3.05, 3.63) is 11.8 Å². The first kappa shape index (κ1) is 31.3. The van der Waals surface area contributed by atoms with Crippen LogP contribution in [0.1, 0.15) is 112 Å². The summed E-state index contributed by atoms with van der Waals surface area (Å²) in [5.74, 6) is -1.82.